The van der Waals surface area contributed by atoms with E-state index in [1.54, 1.807) is 21.0 Å². The molecule has 1 aliphatic rings. The van der Waals surface area contributed by atoms with Gasteiger partial charge in [0.15, 0.2) is 11.6 Å². The fraction of sp³-hybridized carbons (Fsp3) is 0.739. The van der Waals surface area contributed by atoms with E-state index in [4.69, 9.17) is 9.47 Å². The first kappa shape index (κ1) is 32.0. The number of ether oxygens (including phenoxy) is 2. The number of fused-ring (bicyclic) bond motifs is 1. The molecule has 2 heterocycles. The second-order valence-corrected chi connectivity index (χ2v) is 14.0. The highest BCUT2D eigenvalue weighted by Crippen LogP contribution is 2.40. The fourth-order valence-electron chi connectivity index (χ4n) is 4.14. The van der Waals surface area contributed by atoms with Crippen molar-refractivity contribution in [1.29, 1.82) is 0 Å². The maximum Gasteiger partial charge on any atom is 0.252 e. The van der Waals surface area contributed by atoms with E-state index in [0.29, 0.717) is 42.9 Å². The zero-order valence-electron chi connectivity index (χ0n) is 22.3. The third kappa shape index (κ3) is 7.66. The fourth-order valence-corrected chi connectivity index (χ4v) is 9.33. The smallest absolute Gasteiger partial charge is 0.252 e. The highest BCUT2D eigenvalue weighted by molar-refractivity contribution is 7.94. The van der Waals surface area contributed by atoms with Crippen molar-refractivity contribution in [3.05, 3.63) is 11.6 Å². The molecule has 0 aliphatic carbocycles. The first-order valence-corrected chi connectivity index (χ1v) is 16.2. The number of hydrogen-bond donors (Lipinski definition) is 2. The van der Waals surface area contributed by atoms with E-state index in [0.717, 1.165) is 0 Å². The van der Waals surface area contributed by atoms with Gasteiger partial charge >= 0.3 is 0 Å². The molecule has 0 saturated heterocycles. The lowest BCUT2D eigenvalue weighted by atomic mass is 10.1. The Bertz CT molecular complexity index is 1150. The number of methoxy groups -OCH3 is 1. The number of thiophene rings is 1. The first-order chi connectivity index (χ1) is 17.3. The number of ketones is 2. The molecule has 1 aliphatic heterocycles. The molecular weight excluding hydrogens is 542 g/mol. The lowest BCUT2D eigenvalue weighted by Crippen LogP contribution is -2.46. The van der Waals surface area contributed by atoms with Crippen LogP contribution >= 0.6 is 11.3 Å². The van der Waals surface area contributed by atoms with Gasteiger partial charge in [-0.05, 0) is 45.7 Å². The van der Waals surface area contributed by atoms with Crippen LogP contribution in [-0.2, 0) is 39.1 Å². The minimum absolute atomic E-state index is 0.0224. The van der Waals surface area contributed by atoms with Crippen molar-refractivity contribution in [3.8, 4) is 0 Å². The van der Waals surface area contributed by atoms with Gasteiger partial charge in [-0.3, -0.25) is 9.59 Å². The number of carbonyl (C=O) groups excluding carboxylic acids is 2. The Kier molecular flexibility index (Phi) is 11.8. The van der Waals surface area contributed by atoms with E-state index in [9.17, 15) is 26.4 Å². The molecule has 0 bridgehead atoms. The van der Waals surface area contributed by atoms with Gasteiger partial charge in [0.1, 0.15) is 20.6 Å². The SMILES string of the molecule is CCN[C@H]1CN(CCCOC)S(=O)(=O)c2sc(S(=O)(=O)NC(CC)C(=O)[C@H](C)OC(CC)C(C)=O)cc21. The van der Waals surface area contributed by atoms with Crippen molar-refractivity contribution < 1.29 is 35.9 Å². The minimum atomic E-state index is -4.23. The highest BCUT2D eigenvalue weighted by atomic mass is 32.3. The van der Waals surface area contributed by atoms with Crippen LogP contribution in [0.3, 0.4) is 0 Å². The van der Waals surface area contributed by atoms with Crippen molar-refractivity contribution in [2.24, 2.45) is 0 Å². The molecule has 2 N–H and O–H groups in total. The summed E-state index contributed by atoms with van der Waals surface area (Å²) >= 11 is 0.674. The molecule has 0 radical (unpaired) electrons. The number of carbonyl (C=O) groups is 2. The Morgan fingerprint density at radius 1 is 1.24 bits per heavy atom. The molecule has 1 aromatic rings. The van der Waals surface area contributed by atoms with E-state index in [1.807, 2.05) is 6.92 Å². The monoisotopic (exact) mass is 581 g/mol. The van der Waals surface area contributed by atoms with Crippen molar-refractivity contribution in [3.63, 3.8) is 0 Å². The van der Waals surface area contributed by atoms with Crippen LogP contribution in [0.25, 0.3) is 0 Å². The van der Waals surface area contributed by atoms with Gasteiger partial charge in [-0.15, -0.1) is 11.3 Å². The number of hydrogen-bond acceptors (Lipinski definition) is 10. The van der Waals surface area contributed by atoms with Crippen LogP contribution in [0.15, 0.2) is 14.5 Å². The summed E-state index contributed by atoms with van der Waals surface area (Å²) in [6.07, 6.45) is -0.709. The largest absolute Gasteiger partial charge is 0.385 e. The predicted octanol–water partition coefficient (Wildman–Crippen LogP) is 1.84. The average molecular weight is 582 g/mol. The van der Waals surface area contributed by atoms with E-state index in [2.05, 4.69) is 10.0 Å². The zero-order chi connectivity index (χ0) is 28.0. The van der Waals surface area contributed by atoms with Crippen molar-refractivity contribution in [1.82, 2.24) is 14.3 Å². The predicted molar refractivity (Wildman–Crippen MR) is 141 cm³/mol. The summed E-state index contributed by atoms with van der Waals surface area (Å²) in [4.78, 5) is 24.7. The molecular formula is C23H39N3O8S3. The molecule has 212 valence electrons. The van der Waals surface area contributed by atoms with Crippen LogP contribution in [0.4, 0.5) is 0 Å². The number of sulfonamides is 2. The lowest BCUT2D eigenvalue weighted by molar-refractivity contribution is -0.142. The normalized spacial score (nSPS) is 20.2. The van der Waals surface area contributed by atoms with Crippen LogP contribution in [0, 0.1) is 0 Å². The topological polar surface area (TPSA) is 148 Å². The minimum Gasteiger partial charge on any atom is -0.385 e. The van der Waals surface area contributed by atoms with Gasteiger partial charge in [0.05, 0.1) is 6.04 Å². The zero-order valence-corrected chi connectivity index (χ0v) is 24.7. The molecule has 1 aromatic heterocycles. The molecule has 4 atom stereocenters. The van der Waals surface area contributed by atoms with Gasteiger partial charge in [-0.1, -0.05) is 20.8 Å². The first-order valence-electron chi connectivity index (χ1n) is 12.4. The quantitative estimate of drug-likeness (QED) is 0.279. The summed E-state index contributed by atoms with van der Waals surface area (Å²) in [5.41, 5.74) is 0.401. The molecule has 0 spiro atoms. The van der Waals surface area contributed by atoms with Gasteiger partial charge in [0, 0.05) is 38.4 Å². The molecule has 2 unspecified atom stereocenters. The van der Waals surface area contributed by atoms with Gasteiger partial charge in [0.25, 0.3) is 20.0 Å². The van der Waals surface area contributed by atoms with Crippen LogP contribution in [0.5, 0.6) is 0 Å². The molecule has 14 heteroatoms. The van der Waals surface area contributed by atoms with Crippen molar-refractivity contribution in [2.75, 3.05) is 33.4 Å². The number of nitrogens with zero attached hydrogens (tertiary/aromatic N) is 1. The molecule has 0 aromatic carbocycles. The Hall–Kier alpha value is -1.26. The van der Waals surface area contributed by atoms with E-state index < -0.39 is 44.1 Å². The number of likely N-dealkylation sites (N-methyl/N-ethyl adjacent to an activating group) is 1. The lowest BCUT2D eigenvalue weighted by Gasteiger charge is -2.32. The number of Topliss-reactive ketones (excluding diaryl/α,β-unsaturated/α-hetero) is 2. The molecule has 0 amide bonds. The number of rotatable bonds is 16. The molecule has 0 saturated carbocycles. The Morgan fingerprint density at radius 3 is 2.46 bits per heavy atom. The van der Waals surface area contributed by atoms with E-state index in [-0.39, 0.29) is 39.8 Å². The second-order valence-electron chi connectivity index (χ2n) is 8.90. The van der Waals surface area contributed by atoms with Gasteiger partial charge in [-0.25, -0.2) is 16.8 Å². The molecule has 37 heavy (non-hydrogen) atoms. The summed E-state index contributed by atoms with van der Waals surface area (Å²) in [6.45, 7) is 9.55. The third-order valence-electron chi connectivity index (χ3n) is 6.15. The maximum atomic E-state index is 13.3. The molecule has 11 nitrogen and oxygen atoms in total. The maximum absolute atomic E-state index is 13.3. The summed E-state index contributed by atoms with van der Waals surface area (Å²) in [7, 11) is -6.58. The standard InChI is InChI=1S/C23H39N3O8S3/c1-7-18(22(28)16(5)34-20(8-2)15(4)27)25-36(29,30)21-13-17-19(24-9-3)14-26(11-10-12-33-6)37(31,32)23(17)35-21/h13,16,18-20,24-25H,7-12,14H2,1-6H3/t16-,18?,19-,20?/m0/s1. The highest BCUT2D eigenvalue weighted by Gasteiger charge is 2.40. The molecule has 0 fully saturated rings. The van der Waals surface area contributed by atoms with E-state index in [1.165, 1.54) is 24.2 Å². The summed E-state index contributed by atoms with van der Waals surface area (Å²) in [5.74, 6) is -0.720. The third-order valence-corrected chi connectivity index (χ3v) is 11.6. The van der Waals surface area contributed by atoms with Crippen molar-refractivity contribution in [2.45, 2.75) is 86.6 Å². The van der Waals surface area contributed by atoms with E-state index >= 15 is 0 Å². The Labute approximate surface area is 224 Å². The Balaban J connectivity index is 2.33. The molecule has 2 rings (SSSR count). The van der Waals surface area contributed by atoms with Gasteiger partial charge < -0.3 is 14.8 Å². The van der Waals surface area contributed by atoms with Crippen LogP contribution < -0.4 is 10.0 Å². The van der Waals surface area contributed by atoms with Crippen LogP contribution in [-0.4, -0.2) is 84.3 Å². The van der Waals surface area contributed by atoms with Crippen molar-refractivity contribution >= 4 is 42.9 Å². The second kappa shape index (κ2) is 13.7. The average Bonchev–Trinajstić information content (AvgIpc) is 3.31. The van der Waals surface area contributed by atoms with Gasteiger partial charge in [0.2, 0.25) is 0 Å². The number of nitrogens with one attached hydrogen (secondary N) is 2. The summed E-state index contributed by atoms with van der Waals surface area (Å²) in [5, 5.41) is 3.24. The summed E-state index contributed by atoms with van der Waals surface area (Å²) < 4.78 is 67.4. The van der Waals surface area contributed by atoms with Gasteiger partial charge in [-0.2, -0.15) is 9.03 Å². The summed E-state index contributed by atoms with van der Waals surface area (Å²) in [6, 6.07) is -0.101. The Morgan fingerprint density at radius 2 is 1.92 bits per heavy atom. The van der Waals surface area contributed by atoms with Crippen LogP contribution in [0.1, 0.15) is 65.5 Å². The van der Waals surface area contributed by atoms with Crippen LogP contribution in [0.2, 0.25) is 0 Å².